The second kappa shape index (κ2) is 12.4. The van der Waals surface area contributed by atoms with Crippen LogP contribution < -0.4 is 14.8 Å². The molecular weight excluding hydrogens is 398 g/mol. The number of aryl methyl sites for hydroxylation is 1. The van der Waals surface area contributed by atoms with Gasteiger partial charge in [0.2, 0.25) is 0 Å². The number of ketones is 1. The Morgan fingerprint density at radius 2 is 1.82 bits per heavy atom. The minimum absolute atomic E-state index is 0. The number of hydrogen-bond acceptors (Lipinski definition) is 6. The highest BCUT2D eigenvalue weighted by Crippen LogP contribution is 2.29. The molecule has 7 heteroatoms. The van der Waals surface area contributed by atoms with Crippen molar-refractivity contribution in [3.8, 4) is 11.5 Å². The molecule has 0 atom stereocenters. The molecule has 0 aliphatic rings. The first-order valence-electron chi connectivity index (χ1n) is 8.76. The molecule has 0 saturated carbocycles. The Hall–Kier alpha value is -2.02. The van der Waals surface area contributed by atoms with Crippen LogP contribution in [0, 0.1) is 0 Å². The third-order valence-corrected chi connectivity index (χ3v) is 4.76. The van der Waals surface area contributed by atoms with Gasteiger partial charge in [0.15, 0.2) is 5.78 Å². The molecule has 0 saturated heterocycles. The van der Waals surface area contributed by atoms with Crippen LogP contribution in [0.25, 0.3) is 0 Å². The summed E-state index contributed by atoms with van der Waals surface area (Å²) < 4.78 is 10.3. The zero-order valence-electron chi connectivity index (χ0n) is 16.3. The van der Waals surface area contributed by atoms with Crippen LogP contribution in [0.3, 0.4) is 0 Å². The Kier molecular flexibility index (Phi) is 10.7. The number of carbonyl (C=O) groups is 2. The molecule has 2 aromatic carbocycles. The molecule has 0 aliphatic heterocycles. The second-order valence-electron chi connectivity index (χ2n) is 6.01. The predicted octanol–water partition coefficient (Wildman–Crippen LogP) is 4.17. The quantitative estimate of drug-likeness (QED) is 0.203. The average Bonchev–Trinajstić information content (AvgIpc) is 2.68. The summed E-state index contributed by atoms with van der Waals surface area (Å²) in [5.41, 5.74) is 1.85. The second-order valence-corrected chi connectivity index (χ2v) is 6.86. The summed E-state index contributed by atoms with van der Waals surface area (Å²) in [6.45, 7) is 2.40. The van der Waals surface area contributed by atoms with E-state index < -0.39 is 0 Å². The van der Waals surface area contributed by atoms with E-state index in [1.807, 2.05) is 18.4 Å². The number of ether oxygens (including phenoxy) is 2. The molecule has 28 heavy (non-hydrogen) atoms. The van der Waals surface area contributed by atoms with Gasteiger partial charge in [0.05, 0.1) is 18.6 Å². The van der Waals surface area contributed by atoms with Crippen molar-refractivity contribution in [3.63, 3.8) is 0 Å². The SMILES string of the molecule is COc1ccc(CCCNCC(=O)c2ccc(OC(C)=O)c(SC)c2)cc1.Cl. The highest BCUT2D eigenvalue weighted by molar-refractivity contribution is 7.98. The van der Waals surface area contributed by atoms with Gasteiger partial charge >= 0.3 is 5.97 Å². The van der Waals surface area contributed by atoms with E-state index >= 15 is 0 Å². The van der Waals surface area contributed by atoms with E-state index in [2.05, 4.69) is 17.4 Å². The zero-order valence-corrected chi connectivity index (χ0v) is 18.0. The third-order valence-electron chi connectivity index (χ3n) is 4.00. The maximum absolute atomic E-state index is 12.4. The molecule has 0 aromatic heterocycles. The first-order valence-corrected chi connectivity index (χ1v) is 9.99. The number of carbonyl (C=O) groups excluding carboxylic acids is 2. The monoisotopic (exact) mass is 423 g/mol. The molecule has 152 valence electrons. The number of nitrogens with one attached hydrogen (secondary N) is 1. The van der Waals surface area contributed by atoms with Gasteiger partial charge in [0.25, 0.3) is 0 Å². The Bertz CT molecular complexity index is 780. The van der Waals surface area contributed by atoms with Crippen LogP contribution in [0.4, 0.5) is 0 Å². The molecule has 0 heterocycles. The fraction of sp³-hybridized carbons (Fsp3) is 0.333. The molecule has 5 nitrogen and oxygen atoms in total. The highest BCUT2D eigenvalue weighted by atomic mass is 35.5. The lowest BCUT2D eigenvalue weighted by atomic mass is 10.1. The van der Waals surface area contributed by atoms with Gasteiger partial charge in [-0.25, -0.2) is 0 Å². The Morgan fingerprint density at radius 3 is 2.43 bits per heavy atom. The van der Waals surface area contributed by atoms with Gasteiger partial charge in [-0.15, -0.1) is 24.2 Å². The molecule has 0 amide bonds. The van der Waals surface area contributed by atoms with Gasteiger partial charge in [-0.2, -0.15) is 0 Å². The summed E-state index contributed by atoms with van der Waals surface area (Å²) in [6, 6.07) is 13.1. The molecular formula is C21H26ClNO4S. The van der Waals surface area contributed by atoms with Gasteiger partial charge < -0.3 is 14.8 Å². The van der Waals surface area contributed by atoms with Crippen molar-refractivity contribution >= 4 is 35.9 Å². The van der Waals surface area contributed by atoms with Crippen molar-refractivity contribution in [2.75, 3.05) is 26.5 Å². The van der Waals surface area contributed by atoms with Crippen molar-refractivity contribution < 1.29 is 19.1 Å². The smallest absolute Gasteiger partial charge is 0.308 e. The minimum atomic E-state index is -0.372. The normalized spacial score (nSPS) is 10.1. The summed E-state index contributed by atoms with van der Waals surface area (Å²) in [5, 5.41) is 3.19. The summed E-state index contributed by atoms with van der Waals surface area (Å²) in [4.78, 5) is 24.3. The number of esters is 1. The van der Waals surface area contributed by atoms with Crippen molar-refractivity contribution in [2.24, 2.45) is 0 Å². The largest absolute Gasteiger partial charge is 0.497 e. The van der Waals surface area contributed by atoms with Gasteiger partial charge in [0.1, 0.15) is 11.5 Å². The van der Waals surface area contributed by atoms with Crippen molar-refractivity contribution in [2.45, 2.75) is 24.7 Å². The van der Waals surface area contributed by atoms with Gasteiger partial charge in [-0.3, -0.25) is 9.59 Å². The fourth-order valence-corrected chi connectivity index (χ4v) is 3.15. The summed E-state index contributed by atoms with van der Waals surface area (Å²) in [5.74, 6) is 0.984. The number of benzene rings is 2. The van der Waals surface area contributed by atoms with Crippen LogP contribution in [-0.4, -0.2) is 38.2 Å². The van der Waals surface area contributed by atoms with Crippen molar-refractivity contribution in [1.29, 1.82) is 0 Å². The Morgan fingerprint density at radius 1 is 1.11 bits per heavy atom. The lowest BCUT2D eigenvalue weighted by molar-refractivity contribution is -0.132. The molecule has 0 radical (unpaired) electrons. The van der Waals surface area contributed by atoms with E-state index in [1.165, 1.54) is 24.2 Å². The van der Waals surface area contributed by atoms with Crippen molar-refractivity contribution in [1.82, 2.24) is 5.32 Å². The molecule has 0 spiro atoms. The maximum atomic E-state index is 12.4. The van der Waals surface area contributed by atoms with E-state index in [-0.39, 0.29) is 30.7 Å². The average molecular weight is 424 g/mol. The number of rotatable bonds is 10. The molecule has 2 aromatic rings. The number of Topliss-reactive ketones (excluding diaryl/α,β-unsaturated/α-hetero) is 1. The Labute approximate surface area is 176 Å². The molecule has 0 fully saturated rings. The van der Waals surface area contributed by atoms with Crippen molar-refractivity contribution in [3.05, 3.63) is 53.6 Å². The Balaban J connectivity index is 0.00000392. The zero-order chi connectivity index (χ0) is 19.6. The van der Waals surface area contributed by atoms with E-state index in [4.69, 9.17) is 9.47 Å². The number of hydrogen-bond donors (Lipinski definition) is 1. The molecule has 0 unspecified atom stereocenters. The standard InChI is InChI=1S/C21H25NO4S.ClH/c1-15(23)26-20-11-8-17(13-21(20)27-3)19(24)14-22-12-4-5-16-6-9-18(25-2)10-7-16;/h6-11,13,22H,4-5,12,14H2,1-3H3;1H. The van der Waals surface area contributed by atoms with Crippen LogP contribution in [0.2, 0.25) is 0 Å². The minimum Gasteiger partial charge on any atom is -0.497 e. The first-order chi connectivity index (χ1) is 13.0. The fourth-order valence-electron chi connectivity index (χ4n) is 2.59. The van der Waals surface area contributed by atoms with Crippen LogP contribution in [0.1, 0.15) is 29.3 Å². The molecule has 1 N–H and O–H groups in total. The first kappa shape index (κ1) is 24.0. The van der Waals surface area contributed by atoms with Gasteiger partial charge in [-0.05, 0) is 61.5 Å². The number of halogens is 1. The van der Waals surface area contributed by atoms with E-state index in [9.17, 15) is 9.59 Å². The molecule has 0 aliphatic carbocycles. The topological polar surface area (TPSA) is 64.6 Å². The van der Waals surface area contributed by atoms with E-state index in [0.29, 0.717) is 11.3 Å². The van der Waals surface area contributed by atoms with E-state index in [1.54, 1.807) is 25.3 Å². The number of methoxy groups -OCH3 is 1. The van der Waals surface area contributed by atoms with Gasteiger partial charge in [-0.1, -0.05) is 12.1 Å². The van der Waals surface area contributed by atoms with Crippen LogP contribution in [0.15, 0.2) is 47.4 Å². The highest BCUT2D eigenvalue weighted by Gasteiger charge is 2.11. The lowest BCUT2D eigenvalue weighted by Crippen LogP contribution is -2.24. The van der Waals surface area contributed by atoms with Gasteiger partial charge in [0, 0.05) is 12.5 Å². The predicted molar refractivity (Wildman–Crippen MR) is 115 cm³/mol. The molecule has 2 rings (SSSR count). The van der Waals surface area contributed by atoms with Crippen LogP contribution >= 0.6 is 24.2 Å². The maximum Gasteiger partial charge on any atom is 0.308 e. The van der Waals surface area contributed by atoms with Crippen LogP contribution in [-0.2, 0) is 11.2 Å². The number of thioether (sulfide) groups is 1. The third kappa shape index (κ3) is 7.54. The van der Waals surface area contributed by atoms with E-state index in [0.717, 1.165) is 30.0 Å². The summed E-state index contributed by atoms with van der Waals surface area (Å²) in [6.07, 6.45) is 3.77. The summed E-state index contributed by atoms with van der Waals surface area (Å²) in [7, 11) is 1.65. The lowest BCUT2D eigenvalue weighted by Gasteiger charge is -2.09. The summed E-state index contributed by atoms with van der Waals surface area (Å²) >= 11 is 1.44. The van der Waals surface area contributed by atoms with Crippen LogP contribution in [0.5, 0.6) is 11.5 Å². The molecule has 0 bridgehead atoms.